The molecule has 2 N–H and O–H groups in total. The van der Waals surface area contributed by atoms with Crippen molar-refractivity contribution in [2.75, 3.05) is 0 Å². The molecule has 4 rings (SSSR count). The number of rotatable bonds is 1. The van der Waals surface area contributed by atoms with E-state index in [4.69, 9.17) is 0 Å². The van der Waals surface area contributed by atoms with Crippen LogP contribution in [0.4, 0.5) is 0 Å². The SMILES string of the molecule is O=C1NC(=O)C23C(=O)NC(=O)C2CCCCC(/C2=C/CCCCCC2)=C13. The zero-order chi connectivity index (χ0) is 18.3. The molecule has 6 nitrogen and oxygen atoms in total. The molecule has 2 saturated heterocycles. The Morgan fingerprint density at radius 3 is 2.42 bits per heavy atom. The molecule has 2 aliphatic heterocycles. The summed E-state index contributed by atoms with van der Waals surface area (Å²) < 4.78 is 0. The van der Waals surface area contributed by atoms with Gasteiger partial charge < -0.3 is 0 Å². The molecule has 1 spiro atoms. The topological polar surface area (TPSA) is 92.3 Å². The van der Waals surface area contributed by atoms with Gasteiger partial charge in [0.25, 0.3) is 5.91 Å². The van der Waals surface area contributed by atoms with Crippen LogP contribution in [0.3, 0.4) is 0 Å². The lowest BCUT2D eigenvalue weighted by molar-refractivity contribution is -0.138. The molecule has 4 amide bonds. The van der Waals surface area contributed by atoms with Crippen LogP contribution in [0.15, 0.2) is 22.8 Å². The first-order valence-electron chi connectivity index (χ1n) is 9.71. The number of carbonyl (C=O) groups is 4. The minimum atomic E-state index is -1.66. The molecule has 0 bridgehead atoms. The summed E-state index contributed by atoms with van der Waals surface area (Å²) in [5.41, 5.74) is 0.525. The summed E-state index contributed by atoms with van der Waals surface area (Å²) in [4.78, 5) is 50.8. The summed E-state index contributed by atoms with van der Waals surface area (Å²) >= 11 is 0. The van der Waals surface area contributed by atoms with Crippen molar-refractivity contribution in [1.82, 2.24) is 10.6 Å². The molecule has 4 aliphatic rings. The van der Waals surface area contributed by atoms with Crippen molar-refractivity contribution in [1.29, 1.82) is 0 Å². The van der Waals surface area contributed by atoms with E-state index in [1.807, 2.05) is 0 Å². The fourth-order valence-corrected chi connectivity index (χ4v) is 5.04. The minimum absolute atomic E-state index is 0.252. The Hall–Kier alpha value is -2.24. The van der Waals surface area contributed by atoms with Crippen LogP contribution in [-0.4, -0.2) is 23.6 Å². The highest BCUT2D eigenvalue weighted by Gasteiger charge is 2.68. The van der Waals surface area contributed by atoms with Gasteiger partial charge in [0.15, 0.2) is 5.41 Å². The van der Waals surface area contributed by atoms with Crippen LogP contribution in [0, 0.1) is 11.3 Å². The summed E-state index contributed by atoms with van der Waals surface area (Å²) in [6.45, 7) is 0. The largest absolute Gasteiger partial charge is 0.295 e. The van der Waals surface area contributed by atoms with Crippen LogP contribution >= 0.6 is 0 Å². The van der Waals surface area contributed by atoms with E-state index in [1.54, 1.807) is 0 Å². The maximum absolute atomic E-state index is 12.8. The van der Waals surface area contributed by atoms with Crippen LogP contribution in [0.5, 0.6) is 0 Å². The van der Waals surface area contributed by atoms with Gasteiger partial charge >= 0.3 is 0 Å². The molecule has 2 aliphatic carbocycles. The lowest BCUT2D eigenvalue weighted by atomic mass is 9.66. The molecule has 0 aromatic carbocycles. The van der Waals surface area contributed by atoms with Crippen LogP contribution in [-0.2, 0) is 19.2 Å². The van der Waals surface area contributed by atoms with Gasteiger partial charge in [-0.05, 0) is 56.1 Å². The lowest BCUT2D eigenvalue weighted by Crippen LogP contribution is -2.44. The van der Waals surface area contributed by atoms with E-state index in [-0.39, 0.29) is 5.57 Å². The zero-order valence-corrected chi connectivity index (χ0v) is 14.9. The summed E-state index contributed by atoms with van der Waals surface area (Å²) in [6, 6.07) is 0. The Kier molecular flexibility index (Phi) is 4.29. The van der Waals surface area contributed by atoms with Crippen molar-refractivity contribution in [2.24, 2.45) is 11.3 Å². The summed E-state index contributed by atoms with van der Waals surface area (Å²) in [5, 5.41) is 4.68. The highest BCUT2D eigenvalue weighted by Crippen LogP contribution is 2.51. The van der Waals surface area contributed by atoms with Crippen molar-refractivity contribution in [3.63, 3.8) is 0 Å². The molecular weight excluding hydrogens is 332 g/mol. The third-order valence-corrected chi connectivity index (χ3v) is 6.29. The number of hydrogen-bond donors (Lipinski definition) is 2. The quantitative estimate of drug-likeness (QED) is 0.556. The Balaban J connectivity index is 1.93. The van der Waals surface area contributed by atoms with Gasteiger partial charge in [-0.25, -0.2) is 0 Å². The standard InChI is InChI=1S/C20H24N2O4/c23-16-14-11-7-6-10-13(12-8-4-2-1-3-5-9-12)15-17(24)22-19(26)20(14,15)18(25)21-16/h8,14H,1-7,9-11H2,(H,21,23,25)(H,22,24,26)/b12-8+,15-13?. The summed E-state index contributed by atoms with van der Waals surface area (Å²) in [7, 11) is 0. The summed E-state index contributed by atoms with van der Waals surface area (Å²) in [6.07, 6.45) is 11.2. The number of hydrogen-bond acceptors (Lipinski definition) is 4. The second kappa shape index (κ2) is 6.49. The molecule has 2 atom stereocenters. The Bertz CT molecular complexity index is 754. The highest BCUT2D eigenvalue weighted by atomic mass is 16.2. The minimum Gasteiger partial charge on any atom is -0.295 e. The predicted molar refractivity (Wildman–Crippen MR) is 93.5 cm³/mol. The number of carbonyl (C=O) groups excluding carboxylic acids is 4. The first-order valence-corrected chi connectivity index (χ1v) is 9.71. The van der Waals surface area contributed by atoms with Crippen molar-refractivity contribution < 1.29 is 19.2 Å². The Morgan fingerprint density at radius 1 is 0.846 bits per heavy atom. The second-order valence-corrected chi connectivity index (χ2v) is 7.74. The number of amides is 4. The molecule has 2 heterocycles. The van der Waals surface area contributed by atoms with Crippen molar-refractivity contribution >= 4 is 23.6 Å². The molecule has 0 radical (unpaired) electrons. The normalized spacial score (nSPS) is 34.6. The average molecular weight is 356 g/mol. The molecule has 6 heteroatoms. The van der Waals surface area contributed by atoms with Gasteiger partial charge in [-0.15, -0.1) is 0 Å². The third-order valence-electron chi connectivity index (χ3n) is 6.29. The van der Waals surface area contributed by atoms with Gasteiger partial charge in [0.2, 0.25) is 17.7 Å². The maximum atomic E-state index is 12.8. The van der Waals surface area contributed by atoms with E-state index in [0.29, 0.717) is 12.8 Å². The van der Waals surface area contributed by atoms with Crippen molar-refractivity contribution in [2.45, 2.75) is 64.2 Å². The van der Waals surface area contributed by atoms with Crippen molar-refractivity contribution in [3.8, 4) is 0 Å². The van der Waals surface area contributed by atoms with Gasteiger partial charge in [0.05, 0.1) is 5.92 Å². The van der Waals surface area contributed by atoms with E-state index < -0.39 is 35.0 Å². The van der Waals surface area contributed by atoms with E-state index in [1.165, 1.54) is 6.42 Å². The number of allylic oxidation sites excluding steroid dienone is 3. The Labute approximate surface area is 152 Å². The number of nitrogens with one attached hydrogen (secondary N) is 2. The molecule has 0 saturated carbocycles. The smallest absolute Gasteiger partial charge is 0.255 e. The second-order valence-electron chi connectivity index (χ2n) is 7.74. The maximum Gasteiger partial charge on any atom is 0.255 e. The van der Waals surface area contributed by atoms with Crippen LogP contribution in [0.25, 0.3) is 0 Å². The highest BCUT2D eigenvalue weighted by molar-refractivity contribution is 6.32. The van der Waals surface area contributed by atoms with Crippen LogP contribution in [0.2, 0.25) is 0 Å². The van der Waals surface area contributed by atoms with Gasteiger partial charge in [0.1, 0.15) is 0 Å². The molecule has 0 aromatic heterocycles. The molecule has 0 aromatic rings. The van der Waals surface area contributed by atoms with Gasteiger partial charge in [-0.1, -0.05) is 25.3 Å². The van der Waals surface area contributed by atoms with Gasteiger partial charge in [0, 0.05) is 5.57 Å². The van der Waals surface area contributed by atoms with E-state index in [0.717, 1.165) is 56.1 Å². The molecule has 2 fully saturated rings. The van der Waals surface area contributed by atoms with E-state index >= 15 is 0 Å². The first kappa shape index (κ1) is 17.2. The van der Waals surface area contributed by atoms with Crippen LogP contribution in [0.1, 0.15) is 64.2 Å². The summed E-state index contributed by atoms with van der Waals surface area (Å²) in [5.74, 6) is -2.95. The fraction of sp³-hybridized carbons (Fsp3) is 0.600. The molecular formula is C20H24N2O4. The number of imide groups is 2. The van der Waals surface area contributed by atoms with E-state index in [9.17, 15) is 19.2 Å². The Morgan fingerprint density at radius 2 is 1.58 bits per heavy atom. The molecule has 2 unspecified atom stereocenters. The molecule has 26 heavy (non-hydrogen) atoms. The average Bonchev–Trinajstić information content (AvgIpc) is 2.93. The van der Waals surface area contributed by atoms with Crippen molar-refractivity contribution in [3.05, 3.63) is 22.8 Å². The zero-order valence-electron chi connectivity index (χ0n) is 14.9. The van der Waals surface area contributed by atoms with E-state index in [2.05, 4.69) is 16.7 Å². The first-order chi connectivity index (χ1) is 12.6. The fourth-order valence-electron chi connectivity index (χ4n) is 5.04. The molecule has 138 valence electrons. The predicted octanol–water partition coefficient (Wildman–Crippen LogP) is 2.05. The lowest BCUT2D eigenvalue weighted by Gasteiger charge is -2.30. The third kappa shape index (κ3) is 2.38. The van der Waals surface area contributed by atoms with Crippen LogP contribution < -0.4 is 10.6 Å². The van der Waals surface area contributed by atoms with Gasteiger partial charge in [-0.2, -0.15) is 0 Å². The van der Waals surface area contributed by atoms with Gasteiger partial charge in [-0.3, -0.25) is 29.8 Å². The monoisotopic (exact) mass is 356 g/mol.